The Kier molecular flexibility index (Phi) is 7.04. The van der Waals surface area contributed by atoms with Gasteiger partial charge in [-0.3, -0.25) is 4.79 Å². The highest BCUT2D eigenvalue weighted by molar-refractivity contribution is 7.79. The van der Waals surface area contributed by atoms with E-state index in [2.05, 4.69) is 10.5 Å². The molecule has 0 bridgehead atoms. The van der Waals surface area contributed by atoms with E-state index in [1.807, 2.05) is 36.4 Å². The summed E-state index contributed by atoms with van der Waals surface area (Å²) < 4.78 is 24.3. The van der Waals surface area contributed by atoms with Crippen molar-refractivity contribution >= 4 is 29.9 Å². The molecule has 0 aliphatic carbocycles. The van der Waals surface area contributed by atoms with Crippen molar-refractivity contribution in [1.82, 2.24) is 5.43 Å². The molecule has 6 nitrogen and oxygen atoms in total. The molecule has 0 radical (unpaired) electrons. The number of rotatable bonds is 8. The first-order valence-corrected chi connectivity index (χ1v) is 11.2. The molecule has 1 N–H and O–H groups in total. The Labute approximate surface area is 175 Å². The van der Waals surface area contributed by atoms with Gasteiger partial charge in [-0.2, -0.15) is 5.10 Å². The van der Waals surface area contributed by atoms with E-state index >= 15 is 0 Å². The van der Waals surface area contributed by atoms with Crippen LogP contribution in [0.25, 0.3) is 0 Å². The molecule has 3 rings (SSSR count). The van der Waals surface area contributed by atoms with Crippen LogP contribution < -0.4 is 25.5 Å². The third kappa shape index (κ3) is 4.97. The van der Waals surface area contributed by atoms with E-state index < -0.39 is 13.0 Å². The molecule has 0 fully saturated rings. The fourth-order valence-electron chi connectivity index (χ4n) is 3.02. The van der Waals surface area contributed by atoms with Crippen molar-refractivity contribution in [2.45, 2.75) is 0 Å². The van der Waals surface area contributed by atoms with E-state index in [-0.39, 0.29) is 6.16 Å². The van der Waals surface area contributed by atoms with Crippen LogP contribution in [0.4, 0.5) is 0 Å². The molecule has 3 aromatic carbocycles. The molecule has 0 saturated heterocycles. The predicted octanol–water partition coefficient (Wildman–Crippen LogP) is 3.17. The lowest BCUT2D eigenvalue weighted by Crippen LogP contribution is -2.28. The number of carbonyl (C=O) groups excluding carboxylic acids is 1. The van der Waals surface area contributed by atoms with Gasteiger partial charge in [-0.1, -0.05) is 60.7 Å². The lowest BCUT2D eigenvalue weighted by Gasteiger charge is -2.18. The smallest absolute Gasteiger partial charge is 0.248 e. The summed E-state index contributed by atoms with van der Waals surface area (Å²) in [5.41, 5.74) is 3.20. The van der Waals surface area contributed by atoms with Crippen LogP contribution in [0.5, 0.6) is 11.5 Å². The monoisotopic (exact) mass is 422 g/mol. The second kappa shape index (κ2) is 9.90. The van der Waals surface area contributed by atoms with Crippen molar-refractivity contribution in [2.24, 2.45) is 5.10 Å². The number of amides is 1. The number of hydrogen-bond acceptors (Lipinski definition) is 5. The molecule has 1 amide bonds. The highest BCUT2D eigenvalue weighted by atomic mass is 31.2. The van der Waals surface area contributed by atoms with Crippen molar-refractivity contribution in [3.63, 3.8) is 0 Å². The van der Waals surface area contributed by atoms with Crippen LogP contribution in [-0.2, 0) is 9.36 Å². The summed E-state index contributed by atoms with van der Waals surface area (Å²) in [5, 5.41) is 5.27. The Morgan fingerprint density at radius 3 is 2.00 bits per heavy atom. The van der Waals surface area contributed by atoms with Crippen LogP contribution in [0.3, 0.4) is 0 Å². The van der Waals surface area contributed by atoms with Crippen LogP contribution in [0.1, 0.15) is 5.56 Å². The first kappa shape index (κ1) is 21.3. The highest BCUT2D eigenvalue weighted by Gasteiger charge is 2.30. The lowest BCUT2D eigenvalue weighted by molar-refractivity contribution is -0.118. The summed E-state index contributed by atoms with van der Waals surface area (Å²) in [5.74, 6) is 0.735. The number of hydrogen-bond donors (Lipinski definition) is 1. The van der Waals surface area contributed by atoms with E-state index in [0.717, 1.165) is 5.56 Å². The minimum atomic E-state index is -3.14. The van der Waals surface area contributed by atoms with Crippen LogP contribution >= 0.6 is 7.14 Å². The van der Waals surface area contributed by atoms with Gasteiger partial charge in [0.1, 0.15) is 0 Å². The average Bonchev–Trinajstić information content (AvgIpc) is 2.80. The van der Waals surface area contributed by atoms with Gasteiger partial charge in [-0.25, -0.2) is 5.43 Å². The van der Waals surface area contributed by atoms with Gasteiger partial charge >= 0.3 is 0 Å². The summed E-state index contributed by atoms with van der Waals surface area (Å²) in [6.45, 7) is 0. The minimum Gasteiger partial charge on any atom is -0.493 e. The molecule has 154 valence electrons. The summed E-state index contributed by atoms with van der Waals surface area (Å²) >= 11 is 0. The molecule has 0 atom stereocenters. The Balaban J connectivity index is 1.76. The van der Waals surface area contributed by atoms with Crippen LogP contribution in [-0.4, -0.2) is 32.5 Å². The number of benzene rings is 3. The van der Waals surface area contributed by atoms with Gasteiger partial charge in [0.25, 0.3) is 0 Å². The van der Waals surface area contributed by atoms with Crippen molar-refractivity contribution in [2.75, 3.05) is 20.4 Å². The molecule has 30 heavy (non-hydrogen) atoms. The maximum absolute atomic E-state index is 13.9. The first-order chi connectivity index (χ1) is 14.6. The minimum absolute atomic E-state index is 0.176. The van der Waals surface area contributed by atoms with Gasteiger partial charge in [0.05, 0.1) is 26.6 Å². The number of ether oxygens (including phenoxy) is 2. The molecular weight excluding hydrogens is 399 g/mol. The third-order valence-corrected chi connectivity index (χ3v) is 7.52. The van der Waals surface area contributed by atoms with E-state index in [0.29, 0.717) is 22.1 Å². The van der Waals surface area contributed by atoms with Crippen molar-refractivity contribution < 1.29 is 18.8 Å². The summed E-state index contributed by atoms with van der Waals surface area (Å²) in [4.78, 5) is 12.6. The second-order valence-corrected chi connectivity index (χ2v) is 9.30. The maximum atomic E-state index is 13.9. The highest BCUT2D eigenvalue weighted by Crippen LogP contribution is 2.42. The zero-order chi connectivity index (χ0) is 21.4. The molecule has 0 aromatic heterocycles. The SMILES string of the molecule is COc1ccc(/C=N\NC(=O)CP(=O)(c2ccccc2)c2ccccc2)cc1OC. The zero-order valence-corrected chi connectivity index (χ0v) is 17.7. The Morgan fingerprint density at radius 1 is 0.900 bits per heavy atom. The summed E-state index contributed by atoms with van der Waals surface area (Å²) in [6, 6.07) is 23.4. The largest absolute Gasteiger partial charge is 0.493 e. The van der Waals surface area contributed by atoms with Crippen LogP contribution in [0.2, 0.25) is 0 Å². The molecule has 0 aliphatic rings. The maximum Gasteiger partial charge on any atom is 0.248 e. The molecule has 3 aromatic rings. The number of nitrogens with zero attached hydrogens (tertiary/aromatic N) is 1. The quantitative estimate of drug-likeness (QED) is 0.344. The van der Waals surface area contributed by atoms with Gasteiger partial charge in [-0.05, 0) is 23.8 Å². The van der Waals surface area contributed by atoms with Gasteiger partial charge in [0, 0.05) is 10.6 Å². The Hall–Kier alpha value is -3.37. The zero-order valence-electron chi connectivity index (χ0n) is 16.8. The van der Waals surface area contributed by atoms with Crippen molar-refractivity contribution in [1.29, 1.82) is 0 Å². The lowest BCUT2D eigenvalue weighted by atomic mass is 10.2. The standard InChI is InChI=1S/C23H23N2O4P/c1-28-21-14-13-18(15-22(21)29-2)16-24-25-23(26)17-30(27,19-9-5-3-6-10-19)20-11-7-4-8-12-20/h3-16H,17H2,1-2H3,(H,25,26)/b24-16-. The van der Waals surface area contributed by atoms with Crippen LogP contribution in [0.15, 0.2) is 84.0 Å². The fraction of sp³-hybridized carbons (Fsp3) is 0.130. The van der Waals surface area contributed by atoms with Gasteiger partial charge in [0.2, 0.25) is 5.91 Å². The van der Waals surface area contributed by atoms with Gasteiger partial charge in [0.15, 0.2) is 18.6 Å². The molecule has 0 heterocycles. The average molecular weight is 422 g/mol. The van der Waals surface area contributed by atoms with Crippen molar-refractivity contribution in [3.05, 3.63) is 84.4 Å². The van der Waals surface area contributed by atoms with E-state index in [9.17, 15) is 9.36 Å². The van der Waals surface area contributed by atoms with E-state index in [4.69, 9.17) is 9.47 Å². The number of methoxy groups -OCH3 is 2. The number of carbonyl (C=O) groups is 1. The number of hydrazone groups is 1. The first-order valence-electron chi connectivity index (χ1n) is 9.31. The van der Waals surface area contributed by atoms with E-state index in [1.165, 1.54) is 6.21 Å². The Morgan fingerprint density at radius 2 is 1.47 bits per heavy atom. The van der Waals surface area contributed by atoms with Crippen LogP contribution in [0, 0.1) is 0 Å². The molecular formula is C23H23N2O4P. The molecule has 0 saturated carbocycles. The van der Waals surface area contributed by atoms with Crippen molar-refractivity contribution in [3.8, 4) is 11.5 Å². The van der Waals surface area contributed by atoms with Gasteiger partial charge < -0.3 is 14.0 Å². The molecule has 0 unspecified atom stereocenters. The van der Waals surface area contributed by atoms with Gasteiger partial charge in [-0.15, -0.1) is 0 Å². The fourth-order valence-corrected chi connectivity index (χ4v) is 5.46. The molecule has 0 aliphatic heterocycles. The normalized spacial score (nSPS) is 11.3. The molecule has 7 heteroatoms. The Bertz CT molecular complexity index is 1030. The molecule has 0 spiro atoms. The summed E-state index contributed by atoms with van der Waals surface area (Å²) in [6.07, 6.45) is 1.32. The van der Waals surface area contributed by atoms with E-state index in [1.54, 1.807) is 56.7 Å². The second-order valence-electron chi connectivity index (χ2n) is 6.48. The third-order valence-electron chi connectivity index (χ3n) is 4.52. The topological polar surface area (TPSA) is 77.0 Å². The summed E-state index contributed by atoms with van der Waals surface area (Å²) in [7, 11) is -0.0322. The predicted molar refractivity (Wildman–Crippen MR) is 120 cm³/mol. The number of nitrogens with one attached hydrogen (secondary N) is 1.